The molecule has 5 nitrogen and oxygen atoms in total. The van der Waals surface area contributed by atoms with Crippen LogP contribution < -0.4 is 0 Å². The van der Waals surface area contributed by atoms with Crippen LogP contribution >= 0.6 is 0 Å². The largest absolute Gasteiger partial charge is 0.396 e. The molecule has 0 aliphatic rings. The van der Waals surface area contributed by atoms with Gasteiger partial charge in [-0.15, -0.1) is 0 Å². The Morgan fingerprint density at radius 2 is 2.00 bits per heavy atom. The lowest BCUT2D eigenvalue weighted by molar-refractivity contribution is 0.0791. The van der Waals surface area contributed by atoms with Crippen LogP contribution in [0.5, 0.6) is 0 Å². The van der Waals surface area contributed by atoms with Crippen molar-refractivity contribution in [2.75, 3.05) is 20.2 Å². The van der Waals surface area contributed by atoms with Crippen LogP contribution in [0.25, 0.3) is 0 Å². The Labute approximate surface area is 95.1 Å². The van der Waals surface area contributed by atoms with E-state index < -0.39 is 0 Å². The van der Waals surface area contributed by atoms with Crippen LogP contribution in [-0.4, -0.2) is 46.1 Å². The first kappa shape index (κ1) is 12.6. The van der Waals surface area contributed by atoms with Gasteiger partial charge in [0.25, 0.3) is 5.91 Å². The normalized spacial score (nSPS) is 10.1. The molecular weight excluding hydrogens is 206 g/mol. The van der Waals surface area contributed by atoms with Gasteiger partial charge in [-0.3, -0.25) is 4.79 Å². The molecule has 1 rings (SSSR count). The highest BCUT2D eigenvalue weighted by molar-refractivity contribution is 5.93. The van der Waals surface area contributed by atoms with Crippen molar-refractivity contribution in [3.8, 4) is 0 Å². The average Bonchev–Trinajstić information content (AvgIpc) is 2.34. The van der Waals surface area contributed by atoms with Crippen LogP contribution in [0.1, 0.15) is 29.6 Å². The first-order chi connectivity index (χ1) is 7.75. The van der Waals surface area contributed by atoms with Gasteiger partial charge in [0.05, 0.1) is 5.56 Å². The van der Waals surface area contributed by atoms with Gasteiger partial charge in [0, 0.05) is 32.6 Å². The van der Waals surface area contributed by atoms with Crippen LogP contribution in [0, 0.1) is 0 Å². The highest BCUT2D eigenvalue weighted by Crippen LogP contribution is 2.02. The number of carbonyl (C=O) groups is 1. The minimum atomic E-state index is -0.0652. The van der Waals surface area contributed by atoms with Crippen molar-refractivity contribution < 1.29 is 9.90 Å². The van der Waals surface area contributed by atoms with E-state index in [0.29, 0.717) is 12.1 Å². The Hall–Kier alpha value is -1.49. The highest BCUT2D eigenvalue weighted by Gasteiger charge is 2.10. The van der Waals surface area contributed by atoms with Crippen LogP contribution in [0.15, 0.2) is 18.7 Å². The number of aliphatic hydroxyl groups excluding tert-OH is 1. The van der Waals surface area contributed by atoms with Gasteiger partial charge in [0.15, 0.2) is 0 Å². The summed E-state index contributed by atoms with van der Waals surface area (Å²) in [5.41, 5.74) is 0.507. The number of aromatic nitrogens is 2. The molecule has 0 bridgehead atoms. The minimum absolute atomic E-state index is 0.0652. The maximum atomic E-state index is 11.8. The Kier molecular flexibility index (Phi) is 5.42. The molecule has 0 aromatic carbocycles. The van der Waals surface area contributed by atoms with Crippen LogP contribution in [0.4, 0.5) is 0 Å². The molecule has 5 heteroatoms. The molecule has 0 atom stereocenters. The number of aliphatic hydroxyl groups is 1. The summed E-state index contributed by atoms with van der Waals surface area (Å²) in [6.45, 7) is 0.901. The third-order valence-electron chi connectivity index (χ3n) is 2.31. The predicted molar refractivity (Wildman–Crippen MR) is 59.9 cm³/mol. The number of hydrogen-bond acceptors (Lipinski definition) is 4. The maximum Gasteiger partial charge on any atom is 0.256 e. The SMILES string of the molecule is CN(CCCCCO)C(=O)c1cncnc1. The topological polar surface area (TPSA) is 66.3 Å². The minimum Gasteiger partial charge on any atom is -0.396 e. The molecule has 0 unspecified atom stereocenters. The molecule has 0 fully saturated rings. The summed E-state index contributed by atoms with van der Waals surface area (Å²) < 4.78 is 0. The molecule has 1 heterocycles. The molecule has 88 valence electrons. The van der Waals surface area contributed by atoms with Crippen LogP contribution in [0.3, 0.4) is 0 Å². The third-order valence-corrected chi connectivity index (χ3v) is 2.31. The summed E-state index contributed by atoms with van der Waals surface area (Å²) in [4.78, 5) is 21.1. The van der Waals surface area contributed by atoms with E-state index in [-0.39, 0.29) is 12.5 Å². The van der Waals surface area contributed by atoms with E-state index in [1.807, 2.05) is 0 Å². The lowest BCUT2D eigenvalue weighted by Crippen LogP contribution is -2.27. The lowest BCUT2D eigenvalue weighted by Gasteiger charge is -2.16. The summed E-state index contributed by atoms with van der Waals surface area (Å²) in [6.07, 6.45) is 7.05. The molecule has 0 aliphatic carbocycles. The number of rotatable bonds is 6. The molecule has 1 aromatic heterocycles. The van der Waals surface area contributed by atoms with Gasteiger partial charge in [0.1, 0.15) is 6.33 Å². The van der Waals surface area contributed by atoms with E-state index in [4.69, 9.17) is 5.11 Å². The van der Waals surface area contributed by atoms with Crippen molar-refractivity contribution in [3.05, 3.63) is 24.3 Å². The molecule has 0 saturated heterocycles. The molecule has 1 N–H and O–H groups in total. The molecule has 1 aromatic rings. The van der Waals surface area contributed by atoms with Gasteiger partial charge in [0.2, 0.25) is 0 Å². The van der Waals surface area contributed by atoms with Gasteiger partial charge in [-0.1, -0.05) is 0 Å². The zero-order valence-electron chi connectivity index (χ0n) is 9.46. The molecule has 0 spiro atoms. The third kappa shape index (κ3) is 3.94. The van der Waals surface area contributed by atoms with E-state index in [1.165, 1.54) is 18.7 Å². The molecule has 1 amide bonds. The van der Waals surface area contributed by atoms with Gasteiger partial charge >= 0.3 is 0 Å². The Bertz CT molecular complexity index is 316. The summed E-state index contributed by atoms with van der Waals surface area (Å²) >= 11 is 0. The van der Waals surface area contributed by atoms with Crippen molar-refractivity contribution in [1.82, 2.24) is 14.9 Å². The predicted octanol–water partition coefficient (Wildman–Crippen LogP) is 0.711. The maximum absolute atomic E-state index is 11.8. The summed E-state index contributed by atoms with van der Waals surface area (Å²) in [6, 6.07) is 0. The summed E-state index contributed by atoms with van der Waals surface area (Å²) in [5, 5.41) is 8.62. The van der Waals surface area contributed by atoms with Gasteiger partial charge in [-0.2, -0.15) is 0 Å². The number of nitrogens with zero attached hydrogens (tertiary/aromatic N) is 3. The second-order valence-corrected chi connectivity index (χ2v) is 3.64. The lowest BCUT2D eigenvalue weighted by atomic mass is 10.2. The monoisotopic (exact) mass is 223 g/mol. The second kappa shape index (κ2) is 6.90. The van der Waals surface area contributed by atoms with Crippen molar-refractivity contribution in [3.63, 3.8) is 0 Å². The second-order valence-electron chi connectivity index (χ2n) is 3.64. The average molecular weight is 223 g/mol. The smallest absolute Gasteiger partial charge is 0.256 e. The van der Waals surface area contributed by atoms with Crippen molar-refractivity contribution in [2.45, 2.75) is 19.3 Å². The first-order valence-corrected chi connectivity index (χ1v) is 5.37. The van der Waals surface area contributed by atoms with E-state index in [9.17, 15) is 4.79 Å². The first-order valence-electron chi connectivity index (χ1n) is 5.37. The molecule has 0 aliphatic heterocycles. The Balaban J connectivity index is 2.37. The van der Waals surface area contributed by atoms with E-state index >= 15 is 0 Å². The molecular formula is C11H17N3O2. The highest BCUT2D eigenvalue weighted by atomic mass is 16.2. The summed E-state index contributed by atoms with van der Waals surface area (Å²) in [7, 11) is 1.76. The Morgan fingerprint density at radius 3 is 2.62 bits per heavy atom. The van der Waals surface area contributed by atoms with Gasteiger partial charge in [-0.25, -0.2) is 9.97 Å². The van der Waals surface area contributed by atoms with E-state index in [2.05, 4.69) is 9.97 Å². The van der Waals surface area contributed by atoms with Crippen molar-refractivity contribution in [2.24, 2.45) is 0 Å². The zero-order chi connectivity index (χ0) is 11.8. The quantitative estimate of drug-likeness (QED) is 0.721. The van der Waals surface area contributed by atoms with Crippen LogP contribution in [-0.2, 0) is 0 Å². The number of hydrogen-bond donors (Lipinski definition) is 1. The number of carbonyl (C=O) groups excluding carboxylic acids is 1. The van der Waals surface area contributed by atoms with E-state index in [1.54, 1.807) is 11.9 Å². The molecule has 0 radical (unpaired) electrons. The Morgan fingerprint density at radius 1 is 1.31 bits per heavy atom. The zero-order valence-corrected chi connectivity index (χ0v) is 9.46. The number of unbranched alkanes of at least 4 members (excludes halogenated alkanes) is 2. The fraction of sp³-hybridized carbons (Fsp3) is 0.545. The van der Waals surface area contributed by atoms with Crippen molar-refractivity contribution in [1.29, 1.82) is 0 Å². The standard InChI is InChI=1S/C11H17N3O2/c1-14(5-3-2-4-6-15)11(16)10-7-12-9-13-8-10/h7-9,15H,2-6H2,1H3. The fourth-order valence-electron chi connectivity index (χ4n) is 1.37. The van der Waals surface area contributed by atoms with Crippen LogP contribution in [0.2, 0.25) is 0 Å². The fourth-order valence-corrected chi connectivity index (χ4v) is 1.37. The summed E-state index contributed by atoms with van der Waals surface area (Å²) in [5.74, 6) is -0.0652. The van der Waals surface area contributed by atoms with Crippen molar-refractivity contribution >= 4 is 5.91 Å². The van der Waals surface area contributed by atoms with Gasteiger partial charge < -0.3 is 10.0 Å². The van der Waals surface area contributed by atoms with E-state index in [0.717, 1.165) is 19.3 Å². The van der Waals surface area contributed by atoms with Gasteiger partial charge in [-0.05, 0) is 19.3 Å². The molecule has 0 saturated carbocycles. The molecule has 16 heavy (non-hydrogen) atoms. The number of amides is 1.